The van der Waals surface area contributed by atoms with Crippen LogP contribution in [-0.4, -0.2) is 138 Å². The van der Waals surface area contributed by atoms with E-state index in [-0.39, 0.29) is 48.1 Å². The first-order valence-corrected chi connectivity index (χ1v) is 18.2. The Hall–Kier alpha value is -4.30. The molecule has 0 aliphatic carbocycles. The topological polar surface area (TPSA) is 146 Å². The lowest BCUT2D eigenvalue weighted by molar-refractivity contribution is -0.160. The number of ether oxygens (including phenoxy) is 1. The van der Waals surface area contributed by atoms with Gasteiger partial charge in [-0.15, -0.1) is 0 Å². The molecule has 2 radical (unpaired) electrons. The standard InChI is InChI=1S/C37H49BN6O7/c1-40(50)34(46)24-41-15-8-26(9-16-41)27-10-17-42(18-11-27)35(47)33(23-25-6-7-32(45)30(38)22-25)51-37(49)43-19-13-29(14-20-43)44-21-12-28-4-2-3-5-31(28)39-36(44)48/h2-7,22,26-27,29,33,45,50H,8-21,23-24H2,1H3,(H,39,48)/t33-/m1/s1. The highest BCUT2D eigenvalue weighted by Gasteiger charge is 2.37. The third kappa shape index (κ3) is 8.96. The van der Waals surface area contributed by atoms with Crippen LogP contribution in [0.2, 0.25) is 0 Å². The van der Waals surface area contributed by atoms with Crippen molar-refractivity contribution in [1.82, 2.24) is 24.7 Å². The van der Waals surface area contributed by atoms with Gasteiger partial charge in [0.1, 0.15) is 13.6 Å². The third-order valence-corrected chi connectivity index (χ3v) is 11.2. The molecule has 1 atom stereocenters. The zero-order chi connectivity index (χ0) is 36.1. The highest BCUT2D eigenvalue weighted by Crippen LogP contribution is 2.33. The highest BCUT2D eigenvalue weighted by molar-refractivity contribution is 6.34. The maximum atomic E-state index is 14.0. The zero-order valence-corrected chi connectivity index (χ0v) is 29.4. The van der Waals surface area contributed by atoms with E-state index in [1.54, 1.807) is 21.9 Å². The maximum Gasteiger partial charge on any atom is 0.410 e. The summed E-state index contributed by atoms with van der Waals surface area (Å²) in [5, 5.41) is 23.0. The molecule has 51 heavy (non-hydrogen) atoms. The Morgan fingerprint density at radius 2 is 1.57 bits per heavy atom. The summed E-state index contributed by atoms with van der Waals surface area (Å²) in [6.07, 6.45) is 4.11. The molecule has 0 spiro atoms. The molecule has 3 N–H and O–H groups in total. The minimum Gasteiger partial charge on any atom is -0.509 e. The fraction of sp³-hybridized carbons (Fsp3) is 0.568. The van der Waals surface area contributed by atoms with Crippen molar-refractivity contribution in [3.63, 3.8) is 0 Å². The van der Waals surface area contributed by atoms with Crippen LogP contribution in [0.25, 0.3) is 0 Å². The summed E-state index contributed by atoms with van der Waals surface area (Å²) in [6, 6.07) is 12.4. The monoisotopic (exact) mass is 700 g/mol. The SMILES string of the molecule is [B]c1cc(C[C@@H](OC(=O)N2CCC(N3CCc4ccccc4NC3=O)CC2)C(=O)N2CCC(C3CCN(CC(=O)N(C)O)CC3)CC2)ccc1O. The number of amides is 5. The van der Waals surface area contributed by atoms with Crippen molar-refractivity contribution in [3.05, 3.63) is 53.6 Å². The Morgan fingerprint density at radius 1 is 0.922 bits per heavy atom. The van der Waals surface area contributed by atoms with Crippen molar-refractivity contribution in [3.8, 4) is 5.75 Å². The lowest BCUT2D eigenvalue weighted by Crippen LogP contribution is -2.52. The first kappa shape index (κ1) is 36.5. The molecule has 4 aliphatic rings. The van der Waals surface area contributed by atoms with Crippen LogP contribution in [0.1, 0.15) is 49.7 Å². The fourth-order valence-corrected chi connectivity index (χ4v) is 8.09. The van der Waals surface area contributed by atoms with Crippen LogP contribution in [-0.2, 0) is 27.2 Å². The second-order valence-electron chi connectivity index (χ2n) is 14.4. The summed E-state index contributed by atoms with van der Waals surface area (Å²) in [5.41, 5.74) is 2.81. The van der Waals surface area contributed by atoms with Gasteiger partial charge < -0.3 is 29.9 Å². The second kappa shape index (κ2) is 16.4. The number of likely N-dealkylation sites (tertiary alicyclic amines) is 3. The number of aromatic hydroxyl groups is 1. The van der Waals surface area contributed by atoms with Gasteiger partial charge in [-0.25, -0.2) is 14.7 Å². The van der Waals surface area contributed by atoms with Gasteiger partial charge in [0, 0.05) is 57.9 Å². The number of likely N-dealkylation sites (N-methyl/N-ethyl adjacent to an activating group) is 1. The lowest BCUT2D eigenvalue weighted by Gasteiger charge is -2.41. The molecule has 4 heterocycles. The Morgan fingerprint density at radius 3 is 2.24 bits per heavy atom. The molecule has 0 unspecified atom stereocenters. The number of rotatable bonds is 8. The predicted octanol–water partition coefficient (Wildman–Crippen LogP) is 2.59. The highest BCUT2D eigenvalue weighted by atomic mass is 16.6. The Labute approximate surface area is 300 Å². The zero-order valence-electron chi connectivity index (χ0n) is 29.4. The van der Waals surface area contributed by atoms with E-state index in [0.29, 0.717) is 68.0 Å². The predicted molar refractivity (Wildman–Crippen MR) is 191 cm³/mol. The summed E-state index contributed by atoms with van der Waals surface area (Å²) >= 11 is 0. The van der Waals surface area contributed by atoms with Gasteiger partial charge in [0.25, 0.3) is 11.8 Å². The molecule has 2 aromatic rings. The number of phenols is 1. The van der Waals surface area contributed by atoms with Crippen LogP contribution in [0.3, 0.4) is 0 Å². The first-order chi connectivity index (χ1) is 24.5. The number of benzene rings is 2. The minimum atomic E-state index is -1.06. The van der Waals surface area contributed by atoms with Crippen LogP contribution >= 0.6 is 0 Å². The van der Waals surface area contributed by atoms with Gasteiger partial charge in [-0.05, 0) is 93.1 Å². The average molecular weight is 701 g/mol. The number of piperidine rings is 3. The maximum absolute atomic E-state index is 14.0. The van der Waals surface area contributed by atoms with Crippen LogP contribution in [0.5, 0.6) is 5.75 Å². The summed E-state index contributed by atoms with van der Waals surface area (Å²) < 4.78 is 5.99. The van der Waals surface area contributed by atoms with E-state index in [1.165, 1.54) is 13.1 Å². The number of fused-ring (bicyclic) bond motifs is 1. The van der Waals surface area contributed by atoms with Crippen molar-refractivity contribution < 1.29 is 34.2 Å². The van der Waals surface area contributed by atoms with E-state index in [1.807, 2.05) is 29.2 Å². The molecule has 0 aromatic heterocycles. The molecule has 6 rings (SSSR count). The van der Waals surface area contributed by atoms with Gasteiger partial charge in [-0.1, -0.05) is 35.8 Å². The number of hydrogen-bond acceptors (Lipinski definition) is 8. The molecule has 4 aliphatic heterocycles. The smallest absolute Gasteiger partial charge is 0.410 e. The Balaban J connectivity index is 1.03. The molecule has 3 fully saturated rings. The van der Waals surface area contributed by atoms with Gasteiger partial charge in [0.15, 0.2) is 6.10 Å². The molecule has 13 nitrogen and oxygen atoms in total. The van der Waals surface area contributed by atoms with Crippen molar-refractivity contribution in [1.29, 1.82) is 0 Å². The third-order valence-electron chi connectivity index (χ3n) is 11.2. The van der Waals surface area contributed by atoms with Gasteiger partial charge in [0.2, 0.25) is 0 Å². The molecule has 3 saturated heterocycles. The summed E-state index contributed by atoms with van der Waals surface area (Å²) in [4.78, 5) is 59.9. The molecule has 0 saturated carbocycles. The molecular weight excluding hydrogens is 651 g/mol. The van der Waals surface area contributed by atoms with Gasteiger partial charge in [-0.3, -0.25) is 19.7 Å². The first-order valence-electron chi connectivity index (χ1n) is 18.2. The van der Waals surface area contributed by atoms with Gasteiger partial charge in [-0.2, -0.15) is 0 Å². The van der Waals surface area contributed by atoms with E-state index < -0.39 is 12.2 Å². The van der Waals surface area contributed by atoms with Crippen molar-refractivity contribution in [2.45, 2.75) is 63.5 Å². The van der Waals surface area contributed by atoms with Crippen LogP contribution in [0.4, 0.5) is 15.3 Å². The lowest BCUT2D eigenvalue weighted by atomic mass is 9.78. The number of hydroxylamine groups is 2. The van der Waals surface area contributed by atoms with Crippen molar-refractivity contribution >= 4 is 42.9 Å². The number of para-hydroxylation sites is 1. The number of phenolic OH excluding ortho intramolecular Hbond substituents is 1. The van der Waals surface area contributed by atoms with Gasteiger partial charge >= 0.3 is 12.1 Å². The van der Waals surface area contributed by atoms with E-state index in [2.05, 4.69) is 10.2 Å². The second-order valence-corrected chi connectivity index (χ2v) is 14.4. The average Bonchev–Trinajstić information content (AvgIpc) is 3.31. The molecule has 14 heteroatoms. The largest absolute Gasteiger partial charge is 0.509 e. The number of nitrogens with one attached hydrogen (secondary N) is 1. The Bertz CT molecular complexity index is 1570. The molecule has 0 bridgehead atoms. The van der Waals surface area contributed by atoms with E-state index in [9.17, 15) is 29.5 Å². The van der Waals surface area contributed by atoms with Crippen LogP contribution < -0.4 is 10.8 Å². The quantitative estimate of drug-likeness (QED) is 0.217. The minimum absolute atomic E-state index is 0.0148. The Kier molecular flexibility index (Phi) is 11.7. The van der Waals surface area contributed by atoms with Crippen molar-refractivity contribution in [2.24, 2.45) is 11.8 Å². The molecule has 272 valence electrons. The number of carbonyl (C=O) groups is 4. The summed E-state index contributed by atoms with van der Waals surface area (Å²) in [7, 11) is 7.30. The summed E-state index contributed by atoms with van der Waals surface area (Å²) in [5.74, 6) is 0.359. The summed E-state index contributed by atoms with van der Waals surface area (Å²) in [6.45, 7) is 4.35. The van der Waals surface area contributed by atoms with Gasteiger partial charge in [0.05, 0.1) is 6.54 Å². The van der Waals surface area contributed by atoms with E-state index >= 15 is 0 Å². The molecular formula is C37H49BN6O7. The number of anilines is 1. The number of urea groups is 1. The number of nitrogens with zero attached hydrogens (tertiary/aromatic N) is 5. The van der Waals surface area contributed by atoms with E-state index in [0.717, 1.165) is 56.4 Å². The van der Waals surface area contributed by atoms with Crippen molar-refractivity contribution in [2.75, 3.05) is 64.7 Å². The van der Waals surface area contributed by atoms with Crippen LogP contribution in [0.15, 0.2) is 42.5 Å². The molecule has 2 aromatic carbocycles. The van der Waals surface area contributed by atoms with Crippen LogP contribution in [0, 0.1) is 11.8 Å². The normalized spacial score (nSPS) is 20.3. The number of hydrogen-bond donors (Lipinski definition) is 3. The number of carbonyl (C=O) groups excluding carboxylic acids is 4. The molecule has 5 amide bonds. The fourth-order valence-electron chi connectivity index (χ4n) is 8.09. The van der Waals surface area contributed by atoms with E-state index in [4.69, 9.17) is 12.6 Å².